The van der Waals surface area contributed by atoms with E-state index >= 15 is 0 Å². The lowest BCUT2D eigenvalue weighted by Crippen LogP contribution is -2.30. The quantitative estimate of drug-likeness (QED) is 0.710. The topological polar surface area (TPSA) is 70.1 Å². The molecule has 0 bridgehead atoms. The van der Waals surface area contributed by atoms with Crippen LogP contribution in [0.2, 0.25) is 0 Å². The van der Waals surface area contributed by atoms with Crippen molar-refractivity contribution in [2.24, 2.45) is 5.92 Å². The summed E-state index contributed by atoms with van der Waals surface area (Å²) >= 11 is 0. The van der Waals surface area contributed by atoms with Crippen LogP contribution in [0.5, 0.6) is 0 Å². The summed E-state index contributed by atoms with van der Waals surface area (Å²) in [5.74, 6) is -0.151. The molecule has 2 rings (SSSR count). The number of hydrogen-bond donors (Lipinski definition) is 3. The van der Waals surface area contributed by atoms with Crippen LogP contribution in [-0.2, 0) is 6.18 Å². The first-order chi connectivity index (χ1) is 12.1. The van der Waals surface area contributed by atoms with Crippen molar-refractivity contribution in [2.75, 3.05) is 17.2 Å². The van der Waals surface area contributed by atoms with Gasteiger partial charge in [-0.2, -0.15) is 18.2 Å². The maximum absolute atomic E-state index is 13.2. The second kappa shape index (κ2) is 7.90. The third kappa shape index (κ3) is 4.85. The highest BCUT2D eigenvalue weighted by Gasteiger charge is 2.34. The largest absolute Gasteiger partial charge is 0.433 e. The van der Waals surface area contributed by atoms with E-state index in [9.17, 15) is 18.3 Å². The van der Waals surface area contributed by atoms with Crippen molar-refractivity contribution in [1.29, 1.82) is 0 Å². The van der Waals surface area contributed by atoms with Gasteiger partial charge in [0.25, 0.3) is 0 Å². The molecule has 0 aliphatic heterocycles. The smallest absolute Gasteiger partial charge is 0.394 e. The number of hydrogen-bond acceptors (Lipinski definition) is 5. The molecule has 0 spiro atoms. The van der Waals surface area contributed by atoms with E-state index in [2.05, 4.69) is 20.6 Å². The second-order valence-corrected chi connectivity index (χ2v) is 6.53. The zero-order valence-electron chi connectivity index (χ0n) is 15.1. The van der Waals surface area contributed by atoms with E-state index in [0.717, 1.165) is 17.2 Å². The van der Waals surface area contributed by atoms with Gasteiger partial charge in [-0.3, -0.25) is 0 Å². The molecular weight excluding hydrogens is 345 g/mol. The van der Waals surface area contributed by atoms with Crippen molar-refractivity contribution < 1.29 is 18.3 Å². The van der Waals surface area contributed by atoms with Gasteiger partial charge in [-0.05, 0) is 30.9 Å². The first-order valence-corrected chi connectivity index (χ1v) is 8.28. The fraction of sp³-hybridized carbons (Fsp3) is 0.444. The van der Waals surface area contributed by atoms with Crippen LogP contribution in [0.1, 0.15) is 30.7 Å². The standard InChI is InChI=1S/C18H23F3N4O/c1-10(2)13(9-26)22-17-23-14(18(19,20)21)8-15(25-17)24-16-11(3)6-5-7-12(16)4/h5-8,10,13,26H,9H2,1-4H3,(H2,22,23,24,25)/t13-/m1/s1. The minimum Gasteiger partial charge on any atom is -0.394 e. The minimum atomic E-state index is -4.61. The monoisotopic (exact) mass is 368 g/mol. The van der Waals surface area contributed by atoms with Crippen molar-refractivity contribution in [3.63, 3.8) is 0 Å². The van der Waals surface area contributed by atoms with Crippen molar-refractivity contribution in [3.8, 4) is 0 Å². The number of alkyl halides is 3. The Morgan fingerprint density at radius 2 is 1.73 bits per heavy atom. The van der Waals surface area contributed by atoms with E-state index < -0.39 is 17.9 Å². The Hall–Kier alpha value is -2.35. The van der Waals surface area contributed by atoms with Gasteiger partial charge in [-0.25, -0.2) is 4.98 Å². The molecule has 0 unspecified atom stereocenters. The van der Waals surface area contributed by atoms with E-state index in [1.165, 1.54) is 0 Å². The Kier molecular flexibility index (Phi) is 6.07. The summed E-state index contributed by atoms with van der Waals surface area (Å²) in [5.41, 5.74) is 1.43. The highest BCUT2D eigenvalue weighted by molar-refractivity contribution is 5.65. The summed E-state index contributed by atoms with van der Waals surface area (Å²) in [5, 5.41) is 15.2. The molecule has 142 valence electrons. The second-order valence-electron chi connectivity index (χ2n) is 6.53. The van der Waals surface area contributed by atoms with Crippen LogP contribution >= 0.6 is 0 Å². The zero-order valence-corrected chi connectivity index (χ0v) is 15.1. The number of anilines is 3. The van der Waals surface area contributed by atoms with E-state index in [-0.39, 0.29) is 24.3 Å². The predicted octanol–water partition coefficient (Wildman–Crippen LogP) is 4.28. The fourth-order valence-electron chi connectivity index (χ4n) is 2.45. The molecule has 0 amide bonds. The summed E-state index contributed by atoms with van der Waals surface area (Å²) in [6, 6.07) is 6.02. The Balaban J connectivity index is 2.43. The number of aromatic nitrogens is 2. The average Bonchev–Trinajstić information content (AvgIpc) is 2.55. The van der Waals surface area contributed by atoms with Crippen LogP contribution in [0.25, 0.3) is 0 Å². The molecule has 2 aromatic rings. The number of aliphatic hydroxyl groups excluding tert-OH is 1. The number of halogens is 3. The molecule has 0 saturated carbocycles. The molecule has 0 aliphatic rings. The number of aliphatic hydroxyl groups is 1. The van der Waals surface area contributed by atoms with Crippen LogP contribution in [-0.4, -0.2) is 27.7 Å². The zero-order chi connectivity index (χ0) is 19.5. The van der Waals surface area contributed by atoms with Crippen LogP contribution in [0, 0.1) is 19.8 Å². The molecule has 8 heteroatoms. The molecule has 1 atom stereocenters. The summed E-state index contributed by atoms with van der Waals surface area (Å²) < 4.78 is 39.7. The van der Waals surface area contributed by atoms with Gasteiger partial charge in [-0.15, -0.1) is 0 Å². The molecule has 0 saturated heterocycles. The molecule has 5 nitrogen and oxygen atoms in total. The van der Waals surface area contributed by atoms with E-state index in [0.29, 0.717) is 5.69 Å². The van der Waals surface area contributed by atoms with Gasteiger partial charge in [0.1, 0.15) is 5.82 Å². The Labute approximate surface area is 150 Å². The Morgan fingerprint density at radius 1 is 1.12 bits per heavy atom. The van der Waals surface area contributed by atoms with Crippen molar-refractivity contribution in [2.45, 2.75) is 39.9 Å². The van der Waals surface area contributed by atoms with E-state index in [1.54, 1.807) is 0 Å². The van der Waals surface area contributed by atoms with Gasteiger partial charge in [-0.1, -0.05) is 32.0 Å². The Morgan fingerprint density at radius 3 is 2.23 bits per heavy atom. The number of rotatable bonds is 6. The third-order valence-corrected chi connectivity index (χ3v) is 4.07. The normalized spacial score (nSPS) is 13.0. The fourth-order valence-corrected chi connectivity index (χ4v) is 2.45. The van der Waals surface area contributed by atoms with Crippen LogP contribution in [0.3, 0.4) is 0 Å². The summed E-state index contributed by atoms with van der Waals surface area (Å²) in [6.45, 7) is 7.17. The van der Waals surface area contributed by atoms with Gasteiger partial charge in [0.05, 0.1) is 12.6 Å². The highest BCUT2D eigenvalue weighted by Crippen LogP contribution is 2.31. The average molecular weight is 368 g/mol. The molecule has 0 fully saturated rings. The molecule has 1 aromatic carbocycles. The van der Waals surface area contributed by atoms with Gasteiger partial charge in [0, 0.05) is 11.8 Å². The van der Waals surface area contributed by atoms with Gasteiger partial charge >= 0.3 is 6.18 Å². The summed E-state index contributed by atoms with van der Waals surface area (Å²) in [6.07, 6.45) is -4.61. The lowest BCUT2D eigenvalue weighted by molar-refractivity contribution is -0.141. The first-order valence-electron chi connectivity index (χ1n) is 8.28. The maximum Gasteiger partial charge on any atom is 0.433 e. The van der Waals surface area contributed by atoms with Crippen LogP contribution in [0.15, 0.2) is 24.3 Å². The van der Waals surface area contributed by atoms with E-state index in [1.807, 2.05) is 45.9 Å². The molecule has 3 N–H and O–H groups in total. The molecular formula is C18H23F3N4O. The first kappa shape index (κ1) is 20.0. The molecule has 1 heterocycles. The van der Waals surface area contributed by atoms with Gasteiger partial charge < -0.3 is 15.7 Å². The number of aryl methyl sites for hydroxylation is 2. The van der Waals surface area contributed by atoms with Crippen LogP contribution < -0.4 is 10.6 Å². The molecule has 1 aromatic heterocycles. The van der Waals surface area contributed by atoms with Crippen molar-refractivity contribution in [3.05, 3.63) is 41.1 Å². The molecule has 0 radical (unpaired) electrons. The third-order valence-electron chi connectivity index (χ3n) is 4.07. The van der Waals surface area contributed by atoms with E-state index in [4.69, 9.17) is 0 Å². The highest BCUT2D eigenvalue weighted by atomic mass is 19.4. The number of nitrogens with zero attached hydrogens (tertiary/aromatic N) is 2. The van der Waals surface area contributed by atoms with Crippen LogP contribution in [0.4, 0.5) is 30.6 Å². The Bertz CT molecular complexity index is 742. The molecule has 26 heavy (non-hydrogen) atoms. The predicted molar refractivity (Wildman–Crippen MR) is 95.6 cm³/mol. The number of para-hydroxylation sites is 1. The number of nitrogens with one attached hydrogen (secondary N) is 2. The minimum absolute atomic E-state index is 0.00633. The van der Waals surface area contributed by atoms with Crippen molar-refractivity contribution in [1.82, 2.24) is 9.97 Å². The lowest BCUT2D eigenvalue weighted by Gasteiger charge is -2.21. The lowest BCUT2D eigenvalue weighted by atomic mass is 10.1. The van der Waals surface area contributed by atoms with Gasteiger partial charge in [0.15, 0.2) is 5.69 Å². The molecule has 0 aliphatic carbocycles. The maximum atomic E-state index is 13.2. The van der Waals surface area contributed by atoms with Gasteiger partial charge in [0.2, 0.25) is 5.95 Å². The summed E-state index contributed by atoms with van der Waals surface area (Å²) in [4.78, 5) is 7.71. The number of benzene rings is 1. The summed E-state index contributed by atoms with van der Waals surface area (Å²) in [7, 11) is 0. The van der Waals surface area contributed by atoms with Crippen molar-refractivity contribution >= 4 is 17.5 Å². The SMILES string of the molecule is Cc1cccc(C)c1Nc1cc(C(F)(F)F)nc(N[C@H](CO)C(C)C)n1.